The van der Waals surface area contributed by atoms with Crippen molar-refractivity contribution < 1.29 is 13.2 Å². The van der Waals surface area contributed by atoms with Gasteiger partial charge in [-0.05, 0) is 22.6 Å². The Morgan fingerprint density at radius 3 is 2.36 bits per heavy atom. The molecule has 0 amide bonds. The third kappa shape index (κ3) is 2.67. The maximum atomic E-state index is 11.1. The van der Waals surface area contributed by atoms with Crippen LogP contribution in [0.2, 0.25) is 0 Å². The first-order valence-electron chi connectivity index (χ1n) is 3.09. The van der Waals surface area contributed by atoms with E-state index in [-0.39, 0.29) is 24.3 Å². The van der Waals surface area contributed by atoms with Crippen molar-refractivity contribution in [1.29, 1.82) is 0 Å². The number of halogens is 2. The number of hydrogen-bond donors (Lipinski definition) is 0. The van der Waals surface area contributed by atoms with Gasteiger partial charge < -0.3 is 4.74 Å². The van der Waals surface area contributed by atoms with Crippen LogP contribution in [0.4, 0.5) is 0 Å². The second kappa shape index (κ2) is 4.90. The van der Waals surface area contributed by atoms with E-state index in [0.29, 0.717) is 3.70 Å². The highest BCUT2D eigenvalue weighted by Gasteiger charge is 2.25. The summed E-state index contributed by atoms with van der Waals surface area (Å²) in [5, 5.41) is 3.82. The Bertz CT molecular complexity index is 430. The molecule has 1 aromatic rings. The summed E-state index contributed by atoms with van der Waals surface area (Å²) in [6.07, 6.45) is 0. The van der Waals surface area contributed by atoms with Crippen LogP contribution in [-0.2, 0) is 16.1 Å². The van der Waals surface area contributed by atoms with Crippen molar-refractivity contribution in [1.82, 2.24) is 9.78 Å². The number of ether oxygens (including phenoxy) is 1. The highest BCUT2D eigenvalue weighted by Crippen LogP contribution is 2.29. The molecule has 0 unspecified atom stereocenters. The van der Waals surface area contributed by atoms with Crippen molar-refractivity contribution >= 4 is 55.8 Å². The van der Waals surface area contributed by atoms with Gasteiger partial charge in [-0.2, -0.15) is 0 Å². The first kappa shape index (κ1) is 14.3. The lowest BCUT2D eigenvalue weighted by Gasteiger charge is -1.95. The molecule has 9 heteroatoms. The van der Waals surface area contributed by atoms with Crippen LogP contribution in [0.5, 0.6) is 5.88 Å². The van der Waals surface area contributed by atoms with Gasteiger partial charge in [0.1, 0.15) is 3.70 Å². The van der Waals surface area contributed by atoms with Gasteiger partial charge in [0.25, 0.3) is 14.9 Å². The molecule has 0 saturated heterocycles. The molecular formula is C5H6ClIN2O3S2. The lowest BCUT2D eigenvalue weighted by Crippen LogP contribution is -1.96. The molecule has 1 heterocycles. The fraction of sp³-hybridized carbons (Fsp3) is 0.400. The van der Waals surface area contributed by atoms with Crippen molar-refractivity contribution in [2.45, 2.75) is 4.90 Å². The standard InChI is InChI=1S/C5H6ClIN2O3S.S/c1-9-4(7)3(13(6,10)11)5(8-9)12-2;/h1-2H3;. The first-order valence-corrected chi connectivity index (χ1v) is 6.48. The van der Waals surface area contributed by atoms with Gasteiger partial charge in [0.2, 0.25) is 0 Å². The van der Waals surface area contributed by atoms with Crippen LogP contribution in [0.3, 0.4) is 0 Å². The minimum absolute atomic E-state index is 0. The van der Waals surface area contributed by atoms with Crippen molar-refractivity contribution in [3.05, 3.63) is 3.70 Å². The molecule has 14 heavy (non-hydrogen) atoms. The van der Waals surface area contributed by atoms with Gasteiger partial charge in [0.15, 0.2) is 4.90 Å². The van der Waals surface area contributed by atoms with Crippen molar-refractivity contribution in [3.63, 3.8) is 0 Å². The zero-order chi connectivity index (χ0) is 10.2. The lowest BCUT2D eigenvalue weighted by atomic mass is 10.7. The van der Waals surface area contributed by atoms with Gasteiger partial charge in [-0.3, -0.25) is 4.68 Å². The van der Waals surface area contributed by atoms with Crippen LogP contribution in [0.15, 0.2) is 4.90 Å². The Morgan fingerprint density at radius 1 is 1.57 bits per heavy atom. The summed E-state index contributed by atoms with van der Waals surface area (Å²) in [6, 6.07) is 0. The largest absolute Gasteiger partial charge is 0.479 e. The molecule has 0 bridgehead atoms. The Kier molecular flexibility index (Phi) is 5.02. The Hall–Kier alpha value is 0.330. The monoisotopic (exact) mass is 368 g/mol. The summed E-state index contributed by atoms with van der Waals surface area (Å²) < 4.78 is 28.7. The molecule has 1 aromatic heterocycles. The normalized spacial score (nSPS) is 10.9. The van der Waals surface area contributed by atoms with E-state index >= 15 is 0 Å². The van der Waals surface area contributed by atoms with Crippen LogP contribution < -0.4 is 4.74 Å². The van der Waals surface area contributed by atoms with Gasteiger partial charge in [-0.15, -0.1) is 5.10 Å². The summed E-state index contributed by atoms with van der Waals surface area (Å²) >= 11 is 1.83. The summed E-state index contributed by atoms with van der Waals surface area (Å²) in [7, 11) is 4.34. The maximum absolute atomic E-state index is 11.1. The second-order valence-corrected chi connectivity index (χ2v) is 5.72. The SMILES string of the molecule is COc1nn(C)c(I)c1S(=O)(=O)Cl.[S]. The van der Waals surface area contributed by atoms with Gasteiger partial charge in [-0.1, -0.05) is 0 Å². The van der Waals surface area contributed by atoms with E-state index in [0.717, 1.165) is 0 Å². The van der Waals surface area contributed by atoms with Gasteiger partial charge >= 0.3 is 0 Å². The molecule has 0 atom stereocenters. The van der Waals surface area contributed by atoms with Crippen molar-refractivity contribution in [2.24, 2.45) is 7.05 Å². The molecule has 0 saturated carbocycles. The van der Waals surface area contributed by atoms with Gasteiger partial charge in [0.05, 0.1) is 7.11 Å². The minimum atomic E-state index is -3.80. The molecule has 0 aliphatic rings. The minimum Gasteiger partial charge on any atom is -0.479 e. The Morgan fingerprint density at radius 2 is 2.07 bits per heavy atom. The van der Waals surface area contributed by atoms with E-state index in [4.69, 9.17) is 15.4 Å². The van der Waals surface area contributed by atoms with Crippen LogP contribution in [0.25, 0.3) is 0 Å². The molecule has 0 spiro atoms. The molecule has 2 radical (unpaired) electrons. The van der Waals surface area contributed by atoms with Gasteiger partial charge in [-0.25, -0.2) is 8.42 Å². The zero-order valence-electron chi connectivity index (χ0n) is 7.19. The molecule has 0 aromatic carbocycles. The fourth-order valence-electron chi connectivity index (χ4n) is 0.799. The number of nitrogens with zero attached hydrogens (tertiary/aromatic N) is 2. The van der Waals surface area contributed by atoms with Crippen LogP contribution in [0, 0.1) is 3.70 Å². The van der Waals surface area contributed by atoms with Crippen molar-refractivity contribution in [2.75, 3.05) is 7.11 Å². The van der Waals surface area contributed by atoms with E-state index in [1.54, 1.807) is 7.05 Å². The molecule has 5 nitrogen and oxygen atoms in total. The molecule has 0 aliphatic heterocycles. The number of hydrogen-bond acceptors (Lipinski definition) is 4. The number of aromatic nitrogens is 2. The molecule has 0 N–H and O–H groups in total. The lowest BCUT2D eigenvalue weighted by molar-refractivity contribution is 0.382. The average molecular weight is 369 g/mol. The van der Waals surface area contributed by atoms with E-state index in [2.05, 4.69) is 5.10 Å². The van der Waals surface area contributed by atoms with Gasteiger partial charge in [0, 0.05) is 31.2 Å². The third-order valence-corrected chi connectivity index (χ3v) is 4.27. The predicted octanol–water partition coefficient (Wildman–Crippen LogP) is 1.61. The van der Waals surface area contributed by atoms with Crippen LogP contribution >= 0.6 is 46.8 Å². The average Bonchev–Trinajstić information content (AvgIpc) is 2.26. The smallest absolute Gasteiger partial charge is 0.269 e. The first-order chi connectivity index (χ1) is 5.88. The molecule has 0 aliphatic carbocycles. The third-order valence-electron chi connectivity index (χ3n) is 1.34. The Labute approximate surface area is 107 Å². The predicted molar refractivity (Wildman–Crippen MR) is 63.1 cm³/mol. The van der Waals surface area contributed by atoms with E-state index < -0.39 is 9.05 Å². The highest BCUT2D eigenvalue weighted by atomic mass is 127. The molecule has 0 fully saturated rings. The highest BCUT2D eigenvalue weighted by molar-refractivity contribution is 14.1. The molecular weight excluding hydrogens is 363 g/mol. The summed E-state index contributed by atoms with van der Waals surface area (Å²) in [4.78, 5) is -0.0835. The van der Waals surface area contributed by atoms with E-state index in [1.807, 2.05) is 22.6 Å². The fourth-order valence-corrected chi connectivity index (χ4v) is 3.48. The number of aryl methyl sites for hydroxylation is 1. The number of methoxy groups -OCH3 is 1. The second-order valence-electron chi connectivity index (χ2n) is 2.19. The molecule has 1 rings (SSSR count). The van der Waals surface area contributed by atoms with Crippen LogP contribution in [0.1, 0.15) is 0 Å². The summed E-state index contributed by atoms with van der Waals surface area (Å²) in [5.74, 6) is 0.0156. The summed E-state index contributed by atoms with van der Waals surface area (Å²) in [6.45, 7) is 0. The summed E-state index contributed by atoms with van der Waals surface area (Å²) in [5.41, 5.74) is 0. The van der Waals surface area contributed by atoms with E-state index in [1.165, 1.54) is 11.8 Å². The Balaban J connectivity index is 0.00000169. The number of rotatable bonds is 2. The topological polar surface area (TPSA) is 61.2 Å². The zero-order valence-corrected chi connectivity index (χ0v) is 11.7. The molecule has 80 valence electrons. The van der Waals surface area contributed by atoms with E-state index in [9.17, 15) is 8.42 Å². The van der Waals surface area contributed by atoms with Crippen molar-refractivity contribution in [3.8, 4) is 5.88 Å². The maximum Gasteiger partial charge on any atom is 0.269 e. The quantitative estimate of drug-likeness (QED) is 0.588. The van der Waals surface area contributed by atoms with Crippen LogP contribution in [-0.4, -0.2) is 25.3 Å².